The number of phenols is 1. The van der Waals surface area contributed by atoms with E-state index in [1.807, 2.05) is 13.0 Å². The van der Waals surface area contributed by atoms with E-state index in [0.717, 1.165) is 11.1 Å². The number of hydrogen-bond acceptors (Lipinski definition) is 5. The molecule has 0 atom stereocenters. The van der Waals surface area contributed by atoms with Crippen LogP contribution in [0.4, 0.5) is 0 Å². The van der Waals surface area contributed by atoms with Crippen LogP contribution in [0.25, 0.3) is 22.8 Å². The van der Waals surface area contributed by atoms with Crippen LogP contribution in [0, 0.1) is 6.92 Å². The molecule has 0 bridgehead atoms. The van der Waals surface area contributed by atoms with Gasteiger partial charge in [-0.2, -0.15) is 4.98 Å². The van der Waals surface area contributed by atoms with Crippen molar-refractivity contribution in [1.29, 1.82) is 0 Å². The largest absolute Gasteiger partial charge is 0.507 e. The second-order valence-electron chi connectivity index (χ2n) is 4.13. The van der Waals surface area contributed by atoms with Gasteiger partial charge in [-0.1, -0.05) is 17.3 Å². The third kappa shape index (κ3) is 2.06. The highest BCUT2D eigenvalue weighted by Crippen LogP contribution is 2.29. The van der Waals surface area contributed by atoms with Crippen LogP contribution in [0.15, 0.2) is 47.2 Å². The molecule has 1 N–H and O–H groups in total. The maximum Gasteiger partial charge on any atom is 0.261 e. The topological polar surface area (TPSA) is 72.0 Å². The zero-order valence-electron chi connectivity index (χ0n) is 10.2. The van der Waals surface area contributed by atoms with Crippen molar-refractivity contribution in [2.24, 2.45) is 0 Å². The normalized spacial score (nSPS) is 10.6. The summed E-state index contributed by atoms with van der Waals surface area (Å²) < 4.78 is 5.20. The van der Waals surface area contributed by atoms with Crippen molar-refractivity contribution in [3.63, 3.8) is 0 Å². The van der Waals surface area contributed by atoms with Crippen molar-refractivity contribution in [2.45, 2.75) is 6.92 Å². The van der Waals surface area contributed by atoms with Gasteiger partial charge < -0.3 is 9.63 Å². The van der Waals surface area contributed by atoms with Crippen LogP contribution in [-0.2, 0) is 0 Å². The van der Waals surface area contributed by atoms with Crippen LogP contribution < -0.4 is 0 Å². The Morgan fingerprint density at radius 3 is 2.74 bits per heavy atom. The second kappa shape index (κ2) is 4.53. The van der Waals surface area contributed by atoms with E-state index >= 15 is 0 Å². The predicted octanol–water partition coefficient (Wildman–Crippen LogP) is 2.81. The fourth-order valence-corrected chi connectivity index (χ4v) is 1.82. The number of para-hydroxylation sites is 1. The zero-order chi connectivity index (χ0) is 13.2. The van der Waals surface area contributed by atoms with E-state index in [2.05, 4.69) is 15.1 Å². The molecule has 0 saturated heterocycles. The van der Waals surface area contributed by atoms with E-state index < -0.39 is 0 Å². The lowest BCUT2D eigenvalue weighted by Crippen LogP contribution is -1.86. The highest BCUT2D eigenvalue weighted by atomic mass is 16.5. The SMILES string of the molecule is Cc1cnccc1-c1noc(-c2ccccc2O)n1. The molecule has 1 aromatic carbocycles. The highest BCUT2D eigenvalue weighted by Gasteiger charge is 2.14. The Balaban J connectivity index is 2.06. The monoisotopic (exact) mass is 253 g/mol. The maximum absolute atomic E-state index is 9.76. The van der Waals surface area contributed by atoms with Gasteiger partial charge in [0.2, 0.25) is 5.82 Å². The fourth-order valence-electron chi connectivity index (χ4n) is 1.82. The van der Waals surface area contributed by atoms with Gasteiger partial charge in [0.1, 0.15) is 5.75 Å². The third-order valence-electron chi connectivity index (χ3n) is 2.82. The van der Waals surface area contributed by atoms with Gasteiger partial charge in [0.05, 0.1) is 5.56 Å². The summed E-state index contributed by atoms with van der Waals surface area (Å²) in [7, 11) is 0. The second-order valence-corrected chi connectivity index (χ2v) is 4.13. The Morgan fingerprint density at radius 1 is 1.11 bits per heavy atom. The van der Waals surface area contributed by atoms with Gasteiger partial charge in [0.15, 0.2) is 0 Å². The Morgan fingerprint density at radius 2 is 1.95 bits per heavy atom. The first-order chi connectivity index (χ1) is 9.25. The Bertz CT molecular complexity index is 662. The molecule has 0 saturated carbocycles. The molecule has 2 aromatic heterocycles. The molecule has 0 aliphatic carbocycles. The number of pyridine rings is 1. The molecule has 3 rings (SSSR count). The van der Waals surface area contributed by atoms with E-state index in [1.54, 1.807) is 36.7 Å². The first-order valence-corrected chi connectivity index (χ1v) is 5.79. The number of hydrogen-bond donors (Lipinski definition) is 1. The molecule has 0 unspecified atom stereocenters. The molecule has 5 nitrogen and oxygen atoms in total. The summed E-state index contributed by atoms with van der Waals surface area (Å²) in [5.41, 5.74) is 2.35. The van der Waals surface area contributed by atoms with Crippen molar-refractivity contribution < 1.29 is 9.63 Å². The highest BCUT2D eigenvalue weighted by molar-refractivity contribution is 5.65. The standard InChI is InChI=1S/C14H11N3O2/c1-9-8-15-7-6-10(9)13-16-14(19-17-13)11-4-2-3-5-12(11)18/h2-8,18H,1H3. The van der Waals surface area contributed by atoms with Gasteiger partial charge in [-0.15, -0.1) is 0 Å². The summed E-state index contributed by atoms with van der Waals surface area (Å²) in [6, 6.07) is 8.68. The molecule has 0 aliphatic heterocycles. The van der Waals surface area contributed by atoms with E-state index in [-0.39, 0.29) is 5.75 Å². The van der Waals surface area contributed by atoms with Crippen molar-refractivity contribution in [3.05, 3.63) is 48.3 Å². The number of nitrogens with zero attached hydrogens (tertiary/aromatic N) is 3. The molecule has 0 spiro atoms. The first kappa shape index (κ1) is 11.4. The summed E-state index contributed by atoms with van der Waals surface area (Å²) in [6.45, 7) is 1.93. The summed E-state index contributed by atoms with van der Waals surface area (Å²) in [5, 5.41) is 13.7. The Hall–Kier alpha value is -2.69. The van der Waals surface area contributed by atoms with Crippen molar-refractivity contribution in [2.75, 3.05) is 0 Å². The smallest absolute Gasteiger partial charge is 0.261 e. The van der Waals surface area contributed by atoms with Crippen LogP contribution in [0.2, 0.25) is 0 Å². The number of aryl methyl sites for hydroxylation is 1. The summed E-state index contributed by atoms with van der Waals surface area (Å²) in [5.74, 6) is 0.895. The van der Waals surface area contributed by atoms with Crippen LogP contribution in [0.5, 0.6) is 5.75 Å². The molecule has 0 fully saturated rings. The van der Waals surface area contributed by atoms with Gasteiger partial charge >= 0.3 is 0 Å². The van der Waals surface area contributed by atoms with Gasteiger partial charge in [0, 0.05) is 18.0 Å². The van der Waals surface area contributed by atoms with E-state index in [9.17, 15) is 5.11 Å². The molecule has 2 heterocycles. The molecule has 19 heavy (non-hydrogen) atoms. The predicted molar refractivity (Wildman–Crippen MR) is 69.4 cm³/mol. The van der Waals surface area contributed by atoms with Crippen LogP contribution >= 0.6 is 0 Å². The van der Waals surface area contributed by atoms with Crippen LogP contribution in [0.3, 0.4) is 0 Å². The van der Waals surface area contributed by atoms with Crippen LogP contribution in [0.1, 0.15) is 5.56 Å². The van der Waals surface area contributed by atoms with Crippen molar-refractivity contribution in [3.8, 4) is 28.6 Å². The summed E-state index contributed by atoms with van der Waals surface area (Å²) >= 11 is 0. The quantitative estimate of drug-likeness (QED) is 0.760. The number of benzene rings is 1. The summed E-state index contributed by atoms with van der Waals surface area (Å²) in [6.07, 6.45) is 3.42. The molecule has 0 amide bonds. The van der Waals surface area contributed by atoms with Gasteiger partial charge in [0.25, 0.3) is 5.89 Å². The maximum atomic E-state index is 9.76. The minimum atomic E-state index is 0.115. The molecule has 94 valence electrons. The molecular formula is C14H11N3O2. The number of aromatic nitrogens is 3. The lowest BCUT2D eigenvalue weighted by Gasteiger charge is -1.98. The molecule has 3 aromatic rings. The first-order valence-electron chi connectivity index (χ1n) is 5.79. The molecular weight excluding hydrogens is 242 g/mol. The number of rotatable bonds is 2. The lowest BCUT2D eigenvalue weighted by atomic mass is 10.1. The van der Waals surface area contributed by atoms with E-state index in [4.69, 9.17) is 4.52 Å². The Kier molecular flexibility index (Phi) is 2.72. The minimum absolute atomic E-state index is 0.115. The number of aromatic hydroxyl groups is 1. The molecule has 0 aliphatic rings. The van der Waals surface area contributed by atoms with E-state index in [0.29, 0.717) is 17.3 Å². The fraction of sp³-hybridized carbons (Fsp3) is 0.0714. The van der Waals surface area contributed by atoms with Crippen LogP contribution in [-0.4, -0.2) is 20.2 Å². The molecule has 0 radical (unpaired) electrons. The van der Waals surface area contributed by atoms with Gasteiger partial charge in [-0.05, 0) is 30.7 Å². The molecule has 5 heteroatoms. The minimum Gasteiger partial charge on any atom is -0.507 e. The zero-order valence-corrected chi connectivity index (χ0v) is 10.2. The van der Waals surface area contributed by atoms with Gasteiger partial charge in [-0.3, -0.25) is 4.98 Å². The van der Waals surface area contributed by atoms with Crippen molar-refractivity contribution >= 4 is 0 Å². The summed E-state index contributed by atoms with van der Waals surface area (Å²) in [4.78, 5) is 8.33. The third-order valence-corrected chi connectivity index (χ3v) is 2.82. The van der Waals surface area contributed by atoms with E-state index in [1.165, 1.54) is 0 Å². The Labute approximate surface area is 109 Å². The number of phenolic OH excluding ortho intramolecular Hbond substituents is 1. The lowest BCUT2D eigenvalue weighted by molar-refractivity contribution is 0.425. The van der Waals surface area contributed by atoms with Crippen molar-refractivity contribution in [1.82, 2.24) is 15.1 Å². The average molecular weight is 253 g/mol. The van der Waals surface area contributed by atoms with Gasteiger partial charge in [-0.25, -0.2) is 0 Å². The average Bonchev–Trinajstić information content (AvgIpc) is 2.89.